The first-order valence-electron chi connectivity index (χ1n) is 8.82. The number of likely N-dealkylation sites (tertiary alicyclic amines) is 1. The molecule has 2 aromatic rings. The molecular weight excluding hydrogens is 354 g/mol. The standard InChI is InChI=1S/C19H20ClN3O3/c20-16-14(11-21-23(16)12-13-5-2-1-3-6-13)19(8-9-19)18(26)22-10-4-7-15(22)17(24)25/h1-3,5-6,11,15H,4,7-10,12H2,(H,24,25)/t15-/m0/s1. The summed E-state index contributed by atoms with van der Waals surface area (Å²) < 4.78 is 1.69. The van der Waals surface area contributed by atoms with Crippen LogP contribution >= 0.6 is 11.6 Å². The van der Waals surface area contributed by atoms with E-state index < -0.39 is 17.4 Å². The van der Waals surface area contributed by atoms with Gasteiger partial charge in [-0.1, -0.05) is 41.9 Å². The zero-order chi connectivity index (χ0) is 18.3. The minimum absolute atomic E-state index is 0.122. The maximum absolute atomic E-state index is 13.1. The Morgan fingerprint density at radius 2 is 2.00 bits per heavy atom. The van der Waals surface area contributed by atoms with Gasteiger partial charge < -0.3 is 10.0 Å². The zero-order valence-corrected chi connectivity index (χ0v) is 15.0. The van der Waals surface area contributed by atoms with Crippen molar-refractivity contribution < 1.29 is 14.7 Å². The number of hydrogen-bond donors (Lipinski definition) is 1. The monoisotopic (exact) mass is 373 g/mol. The van der Waals surface area contributed by atoms with Crippen LogP contribution in [0.3, 0.4) is 0 Å². The van der Waals surface area contributed by atoms with Gasteiger partial charge in [-0.15, -0.1) is 0 Å². The van der Waals surface area contributed by atoms with Crippen molar-refractivity contribution in [1.29, 1.82) is 0 Å². The third kappa shape index (κ3) is 2.78. The second-order valence-electron chi connectivity index (χ2n) is 7.07. The van der Waals surface area contributed by atoms with Gasteiger partial charge in [-0.3, -0.25) is 4.79 Å². The molecule has 2 fully saturated rings. The van der Waals surface area contributed by atoms with Crippen LogP contribution in [0.25, 0.3) is 0 Å². The number of carboxylic acid groups (broad SMARTS) is 1. The van der Waals surface area contributed by atoms with Crippen LogP contribution in [0.15, 0.2) is 36.5 Å². The summed E-state index contributed by atoms with van der Waals surface area (Å²) in [6, 6.07) is 9.14. The van der Waals surface area contributed by atoms with E-state index in [1.807, 2.05) is 30.3 Å². The van der Waals surface area contributed by atoms with E-state index in [0.29, 0.717) is 37.5 Å². The van der Waals surface area contributed by atoms with Crippen LogP contribution in [-0.4, -0.2) is 44.3 Å². The zero-order valence-electron chi connectivity index (χ0n) is 14.3. The van der Waals surface area contributed by atoms with Gasteiger partial charge in [0.15, 0.2) is 0 Å². The maximum atomic E-state index is 13.1. The van der Waals surface area contributed by atoms with E-state index in [9.17, 15) is 14.7 Å². The van der Waals surface area contributed by atoms with Gasteiger partial charge in [0.05, 0.1) is 18.2 Å². The highest BCUT2D eigenvalue weighted by atomic mass is 35.5. The van der Waals surface area contributed by atoms with E-state index in [4.69, 9.17) is 11.6 Å². The molecule has 1 saturated heterocycles. The van der Waals surface area contributed by atoms with Crippen molar-refractivity contribution in [3.8, 4) is 0 Å². The lowest BCUT2D eigenvalue weighted by Crippen LogP contribution is -2.45. The number of aliphatic carboxylic acids is 1. The van der Waals surface area contributed by atoms with Gasteiger partial charge in [0.1, 0.15) is 11.2 Å². The molecule has 6 nitrogen and oxygen atoms in total. The molecule has 1 saturated carbocycles. The fourth-order valence-corrected chi connectivity index (χ4v) is 4.16. The van der Waals surface area contributed by atoms with E-state index in [1.54, 1.807) is 10.9 Å². The Bertz CT molecular complexity index is 845. The fraction of sp³-hybridized carbons (Fsp3) is 0.421. The molecule has 0 spiro atoms. The number of benzene rings is 1. The number of rotatable bonds is 5. The quantitative estimate of drug-likeness (QED) is 0.874. The minimum Gasteiger partial charge on any atom is -0.480 e. The lowest BCUT2D eigenvalue weighted by Gasteiger charge is -2.26. The summed E-state index contributed by atoms with van der Waals surface area (Å²) in [6.45, 7) is 1.03. The normalized spacial score (nSPS) is 21.0. The van der Waals surface area contributed by atoms with Crippen molar-refractivity contribution in [2.24, 2.45) is 0 Å². The second kappa shape index (κ2) is 6.43. The highest BCUT2D eigenvalue weighted by Gasteiger charge is 2.57. The van der Waals surface area contributed by atoms with Crippen LogP contribution in [0.2, 0.25) is 5.15 Å². The first-order chi connectivity index (χ1) is 12.5. The number of halogens is 1. The Hall–Kier alpha value is -2.34. The molecule has 0 radical (unpaired) electrons. The molecule has 0 bridgehead atoms. The number of amides is 1. The average Bonchev–Trinajstić information content (AvgIpc) is 3.13. The number of carbonyl (C=O) groups excluding carboxylic acids is 1. The largest absolute Gasteiger partial charge is 0.480 e. The van der Waals surface area contributed by atoms with Crippen molar-refractivity contribution in [3.05, 3.63) is 52.8 Å². The lowest BCUT2D eigenvalue weighted by atomic mass is 9.97. The molecule has 4 rings (SSSR count). The molecule has 1 N–H and O–H groups in total. The molecule has 7 heteroatoms. The van der Waals surface area contributed by atoms with E-state index in [0.717, 1.165) is 17.5 Å². The van der Waals surface area contributed by atoms with Gasteiger partial charge in [-0.05, 0) is 31.2 Å². The molecule has 136 valence electrons. The van der Waals surface area contributed by atoms with Gasteiger partial charge in [0.25, 0.3) is 0 Å². The van der Waals surface area contributed by atoms with Crippen LogP contribution in [0.5, 0.6) is 0 Å². The molecule has 1 aliphatic heterocycles. The van der Waals surface area contributed by atoms with Crippen molar-refractivity contribution >= 4 is 23.5 Å². The molecule has 2 heterocycles. The first-order valence-corrected chi connectivity index (χ1v) is 9.20. The lowest BCUT2D eigenvalue weighted by molar-refractivity contribution is -0.149. The number of carbonyl (C=O) groups is 2. The molecule has 1 aromatic carbocycles. The Morgan fingerprint density at radius 3 is 2.65 bits per heavy atom. The predicted molar refractivity (Wildman–Crippen MR) is 96.1 cm³/mol. The van der Waals surface area contributed by atoms with Crippen molar-refractivity contribution in [2.75, 3.05) is 6.54 Å². The van der Waals surface area contributed by atoms with Gasteiger partial charge in [0.2, 0.25) is 5.91 Å². The summed E-state index contributed by atoms with van der Waals surface area (Å²) in [5.41, 5.74) is 1.09. The molecule has 1 aliphatic carbocycles. The summed E-state index contributed by atoms with van der Waals surface area (Å²) in [4.78, 5) is 26.1. The topological polar surface area (TPSA) is 75.4 Å². The Labute approximate surface area is 156 Å². The van der Waals surface area contributed by atoms with Gasteiger partial charge >= 0.3 is 5.97 Å². The van der Waals surface area contributed by atoms with Crippen molar-refractivity contribution in [1.82, 2.24) is 14.7 Å². The molecule has 26 heavy (non-hydrogen) atoms. The fourth-order valence-electron chi connectivity index (χ4n) is 3.82. The first kappa shape index (κ1) is 17.1. The van der Waals surface area contributed by atoms with Crippen LogP contribution in [0, 0.1) is 0 Å². The van der Waals surface area contributed by atoms with Crippen molar-refractivity contribution in [3.63, 3.8) is 0 Å². The number of hydrogen-bond acceptors (Lipinski definition) is 3. The van der Waals surface area contributed by atoms with Gasteiger partial charge in [-0.25, -0.2) is 9.48 Å². The van der Waals surface area contributed by atoms with E-state index in [2.05, 4.69) is 5.10 Å². The summed E-state index contributed by atoms with van der Waals surface area (Å²) in [7, 11) is 0. The van der Waals surface area contributed by atoms with E-state index in [-0.39, 0.29) is 5.91 Å². The minimum atomic E-state index is -0.933. The third-order valence-corrected chi connectivity index (χ3v) is 5.82. The second-order valence-corrected chi connectivity index (χ2v) is 7.43. The van der Waals surface area contributed by atoms with Crippen LogP contribution in [0.1, 0.15) is 36.8 Å². The smallest absolute Gasteiger partial charge is 0.326 e. The Balaban J connectivity index is 1.59. The Kier molecular flexibility index (Phi) is 4.23. The highest BCUT2D eigenvalue weighted by Crippen LogP contribution is 2.52. The molecule has 1 atom stereocenters. The predicted octanol–water partition coefficient (Wildman–Crippen LogP) is 2.69. The molecular formula is C19H20ClN3O3. The molecule has 2 aliphatic rings. The average molecular weight is 374 g/mol. The van der Waals surface area contributed by atoms with Crippen LogP contribution in [-0.2, 0) is 21.5 Å². The molecule has 1 amide bonds. The summed E-state index contributed by atoms with van der Waals surface area (Å²) in [5.74, 6) is -1.05. The van der Waals surface area contributed by atoms with E-state index in [1.165, 1.54) is 4.90 Å². The van der Waals surface area contributed by atoms with Gasteiger partial charge in [0, 0.05) is 12.1 Å². The van der Waals surface area contributed by atoms with Crippen LogP contribution in [0.4, 0.5) is 0 Å². The summed E-state index contributed by atoms with van der Waals surface area (Å²) >= 11 is 6.56. The molecule has 0 unspecified atom stereocenters. The Morgan fingerprint density at radius 1 is 1.27 bits per heavy atom. The van der Waals surface area contributed by atoms with E-state index >= 15 is 0 Å². The number of carboxylic acids is 1. The summed E-state index contributed by atoms with van der Waals surface area (Å²) in [6.07, 6.45) is 4.27. The molecule has 1 aromatic heterocycles. The maximum Gasteiger partial charge on any atom is 0.326 e. The summed E-state index contributed by atoms with van der Waals surface area (Å²) in [5, 5.41) is 14.2. The van der Waals surface area contributed by atoms with Crippen LogP contribution < -0.4 is 0 Å². The third-order valence-electron chi connectivity index (χ3n) is 5.42. The van der Waals surface area contributed by atoms with Crippen molar-refractivity contribution in [2.45, 2.75) is 43.7 Å². The number of nitrogens with zero attached hydrogens (tertiary/aromatic N) is 3. The SMILES string of the molecule is O=C(O)[C@@H]1CCCN1C(=O)C1(c2cnn(Cc3ccccc3)c2Cl)CC1. The van der Waals surface area contributed by atoms with Gasteiger partial charge in [-0.2, -0.15) is 5.10 Å². The highest BCUT2D eigenvalue weighted by molar-refractivity contribution is 6.31. The number of aromatic nitrogens is 2.